The first-order chi connectivity index (χ1) is 12.1. The Kier molecular flexibility index (Phi) is 5.71. The van der Waals surface area contributed by atoms with Gasteiger partial charge in [0.2, 0.25) is 0 Å². The second kappa shape index (κ2) is 8.16. The summed E-state index contributed by atoms with van der Waals surface area (Å²) in [6.45, 7) is 0.174. The number of aliphatic hydroxyl groups excluding tert-OH is 1. The van der Waals surface area contributed by atoms with E-state index in [1.807, 2.05) is 6.07 Å². The zero-order valence-corrected chi connectivity index (χ0v) is 14.6. The lowest BCUT2D eigenvalue weighted by molar-refractivity contribution is 0.172. The summed E-state index contributed by atoms with van der Waals surface area (Å²) in [5, 5.41) is 20.0. The van der Waals surface area contributed by atoms with E-state index < -0.39 is 6.10 Å². The number of carbonyl (C=O) groups excluding carboxylic acids is 1. The molecule has 3 N–H and O–H groups in total. The van der Waals surface area contributed by atoms with E-state index in [2.05, 4.69) is 40.0 Å². The average molecular weight is 342 g/mol. The van der Waals surface area contributed by atoms with Crippen molar-refractivity contribution in [2.24, 2.45) is 13.0 Å². The van der Waals surface area contributed by atoms with Crippen LogP contribution in [0.15, 0.2) is 42.7 Å². The molecule has 1 aliphatic carbocycles. The molecule has 1 fully saturated rings. The minimum atomic E-state index is -0.747. The Hall–Kier alpha value is -2.34. The monoisotopic (exact) mass is 342 g/mol. The number of amides is 2. The maximum atomic E-state index is 12.2. The molecule has 0 spiro atoms. The summed E-state index contributed by atoms with van der Waals surface area (Å²) >= 11 is 0. The Morgan fingerprint density at radius 3 is 2.88 bits per heavy atom. The molecule has 2 aromatic rings. The molecule has 2 amide bonds. The third-order valence-corrected chi connectivity index (χ3v) is 4.88. The Bertz CT molecular complexity index is 686. The maximum absolute atomic E-state index is 12.2. The quantitative estimate of drug-likeness (QED) is 0.753. The predicted molar refractivity (Wildman–Crippen MR) is 96.0 cm³/mol. The first kappa shape index (κ1) is 17.5. The molecule has 1 saturated carbocycles. The molecule has 3 rings (SSSR count). The van der Waals surface area contributed by atoms with Crippen LogP contribution >= 0.6 is 0 Å². The molecular weight excluding hydrogens is 316 g/mol. The van der Waals surface area contributed by atoms with E-state index in [9.17, 15) is 9.90 Å². The summed E-state index contributed by atoms with van der Waals surface area (Å²) < 4.78 is 1.63. The zero-order valence-electron chi connectivity index (χ0n) is 14.6. The van der Waals surface area contributed by atoms with Crippen molar-refractivity contribution >= 4 is 6.03 Å². The molecule has 0 aliphatic heterocycles. The van der Waals surface area contributed by atoms with Crippen LogP contribution in [0.3, 0.4) is 0 Å². The number of rotatable bonds is 6. The summed E-state index contributed by atoms with van der Waals surface area (Å²) in [6.07, 6.45) is 6.89. The number of hydrogen-bond donors (Lipinski definition) is 3. The minimum absolute atomic E-state index is 0.174. The molecule has 0 bridgehead atoms. The van der Waals surface area contributed by atoms with E-state index in [1.54, 1.807) is 24.1 Å². The number of benzene rings is 1. The largest absolute Gasteiger partial charge is 0.386 e. The van der Waals surface area contributed by atoms with Gasteiger partial charge in [0.25, 0.3) is 0 Å². The third kappa shape index (κ3) is 4.82. The van der Waals surface area contributed by atoms with E-state index in [0.717, 1.165) is 25.7 Å². The molecule has 6 heteroatoms. The number of hydrogen-bond acceptors (Lipinski definition) is 3. The summed E-state index contributed by atoms with van der Waals surface area (Å²) in [5.74, 6) is 0.469. The molecule has 6 nitrogen and oxygen atoms in total. The van der Waals surface area contributed by atoms with Crippen molar-refractivity contribution in [2.75, 3.05) is 6.54 Å². The number of nitrogens with one attached hydrogen (secondary N) is 2. The fourth-order valence-corrected chi connectivity index (χ4v) is 3.53. The Morgan fingerprint density at radius 2 is 2.16 bits per heavy atom. The Labute approximate surface area is 148 Å². The second-order valence-electron chi connectivity index (χ2n) is 6.80. The van der Waals surface area contributed by atoms with Gasteiger partial charge in [0.15, 0.2) is 0 Å². The first-order valence-corrected chi connectivity index (χ1v) is 8.86. The van der Waals surface area contributed by atoms with Crippen molar-refractivity contribution in [2.45, 2.75) is 37.8 Å². The van der Waals surface area contributed by atoms with E-state index in [-0.39, 0.29) is 18.6 Å². The molecule has 25 heavy (non-hydrogen) atoms. The molecule has 134 valence electrons. The topological polar surface area (TPSA) is 79.2 Å². The van der Waals surface area contributed by atoms with Gasteiger partial charge in [0.05, 0.1) is 12.3 Å². The molecule has 1 aromatic carbocycles. The molecule has 1 aromatic heterocycles. The van der Waals surface area contributed by atoms with Crippen molar-refractivity contribution in [3.8, 4) is 0 Å². The lowest BCUT2D eigenvalue weighted by Gasteiger charge is -2.22. The fourth-order valence-electron chi connectivity index (χ4n) is 3.53. The van der Waals surface area contributed by atoms with E-state index in [4.69, 9.17) is 0 Å². The molecular formula is C19H26N4O2. The highest BCUT2D eigenvalue weighted by molar-refractivity contribution is 5.74. The number of carbonyl (C=O) groups is 1. The van der Waals surface area contributed by atoms with Crippen molar-refractivity contribution in [1.29, 1.82) is 0 Å². The van der Waals surface area contributed by atoms with Crippen LogP contribution in [-0.2, 0) is 13.5 Å². The summed E-state index contributed by atoms with van der Waals surface area (Å²) in [7, 11) is 1.79. The van der Waals surface area contributed by atoms with Gasteiger partial charge in [-0.25, -0.2) is 4.79 Å². The van der Waals surface area contributed by atoms with E-state index in [0.29, 0.717) is 11.5 Å². The molecule has 1 aliphatic rings. The Morgan fingerprint density at radius 1 is 1.36 bits per heavy atom. The normalized spacial score (nSPS) is 21.0. The fraction of sp³-hybridized carbons (Fsp3) is 0.474. The number of aliphatic hydroxyl groups is 1. The predicted octanol–water partition coefficient (Wildman–Crippen LogP) is 2.16. The van der Waals surface area contributed by atoms with Gasteiger partial charge in [-0.2, -0.15) is 5.10 Å². The smallest absolute Gasteiger partial charge is 0.315 e. The number of nitrogens with zero attached hydrogens (tertiary/aromatic N) is 2. The first-order valence-electron chi connectivity index (χ1n) is 8.86. The highest BCUT2D eigenvalue weighted by Crippen LogP contribution is 2.28. The van der Waals surface area contributed by atoms with Crippen LogP contribution in [0, 0.1) is 5.92 Å². The highest BCUT2D eigenvalue weighted by atomic mass is 16.3. The van der Waals surface area contributed by atoms with Crippen molar-refractivity contribution in [3.63, 3.8) is 0 Å². The standard InChI is InChI=1S/C19H26N4O2/c1-23-13-16(11-21-23)18(24)12-20-19(25)22-17-9-5-8-15(17)10-14-6-3-2-4-7-14/h2-4,6-7,11,13,15,17-18,24H,5,8-10,12H2,1H3,(H2,20,22,25)/t15-,17-,18+/m0/s1. The van der Waals surface area contributed by atoms with E-state index >= 15 is 0 Å². The zero-order chi connectivity index (χ0) is 17.6. The number of aromatic nitrogens is 2. The molecule has 0 saturated heterocycles. The number of urea groups is 1. The van der Waals surface area contributed by atoms with Crippen molar-refractivity contribution in [1.82, 2.24) is 20.4 Å². The summed E-state index contributed by atoms with van der Waals surface area (Å²) in [4.78, 5) is 12.2. The number of aryl methyl sites for hydroxylation is 1. The van der Waals surface area contributed by atoms with Crippen LogP contribution in [0.25, 0.3) is 0 Å². The van der Waals surface area contributed by atoms with Crippen LogP contribution in [-0.4, -0.2) is 33.5 Å². The van der Waals surface area contributed by atoms with Crippen molar-refractivity contribution in [3.05, 3.63) is 53.9 Å². The maximum Gasteiger partial charge on any atom is 0.315 e. The summed E-state index contributed by atoms with van der Waals surface area (Å²) in [5.41, 5.74) is 2.01. The van der Waals surface area contributed by atoms with Crippen LogP contribution in [0.1, 0.15) is 36.5 Å². The van der Waals surface area contributed by atoms with Gasteiger partial charge in [0.1, 0.15) is 0 Å². The SMILES string of the molecule is Cn1cc([C@H](O)CNC(=O)N[C@H]2CCC[C@H]2Cc2ccccc2)cn1. The lowest BCUT2D eigenvalue weighted by atomic mass is 9.95. The van der Waals surface area contributed by atoms with Crippen LogP contribution in [0.2, 0.25) is 0 Å². The molecule has 1 heterocycles. The molecule has 3 atom stereocenters. The van der Waals surface area contributed by atoms with Crippen LogP contribution in [0.5, 0.6) is 0 Å². The van der Waals surface area contributed by atoms with Gasteiger partial charge in [-0.15, -0.1) is 0 Å². The van der Waals surface area contributed by atoms with Gasteiger partial charge >= 0.3 is 6.03 Å². The van der Waals surface area contributed by atoms with Gasteiger partial charge in [0, 0.05) is 31.4 Å². The second-order valence-corrected chi connectivity index (χ2v) is 6.80. The van der Waals surface area contributed by atoms with Gasteiger partial charge in [-0.1, -0.05) is 36.8 Å². The van der Waals surface area contributed by atoms with Crippen LogP contribution in [0.4, 0.5) is 4.79 Å². The van der Waals surface area contributed by atoms with Gasteiger partial charge in [-0.05, 0) is 30.7 Å². The van der Waals surface area contributed by atoms with Crippen molar-refractivity contribution < 1.29 is 9.90 Å². The van der Waals surface area contributed by atoms with Gasteiger partial charge < -0.3 is 15.7 Å². The van der Waals surface area contributed by atoms with E-state index in [1.165, 1.54) is 5.56 Å². The van der Waals surface area contributed by atoms with Gasteiger partial charge in [-0.3, -0.25) is 4.68 Å². The highest BCUT2D eigenvalue weighted by Gasteiger charge is 2.28. The third-order valence-electron chi connectivity index (χ3n) is 4.88. The van der Waals surface area contributed by atoms with Crippen LogP contribution < -0.4 is 10.6 Å². The summed E-state index contributed by atoms with van der Waals surface area (Å²) in [6, 6.07) is 10.4. The molecule has 0 unspecified atom stereocenters. The Balaban J connectivity index is 1.46. The average Bonchev–Trinajstić information content (AvgIpc) is 3.23. The molecule has 0 radical (unpaired) electrons. The lowest BCUT2D eigenvalue weighted by Crippen LogP contribution is -2.45. The minimum Gasteiger partial charge on any atom is -0.386 e.